The van der Waals surface area contributed by atoms with Crippen LogP contribution < -0.4 is 5.73 Å². The Kier molecular flexibility index (Phi) is 2.46. The third kappa shape index (κ3) is 1.66. The van der Waals surface area contributed by atoms with Crippen molar-refractivity contribution in [2.24, 2.45) is 5.73 Å². The van der Waals surface area contributed by atoms with Gasteiger partial charge >= 0.3 is 0 Å². The molecule has 0 radical (unpaired) electrons. The lowest BCUT2D eigenvalue weighted by molar-refractivity contribution is 0.957. The topological polar surface area (TPSA) is 43.3 Å². The molecule has 0 atom stereocenters. The first kappa shape index (κ1) is 10.5. The summed E-state index contributed by atoms with van der Waals surface area (Å²) in [5, 5.41) is 2.06. The number of hydrogen-bond donors (Lipinski definition) is 1. The van der Waals surface area contributed by atoms with E-state index >= 15 is 0 Å². The second kappa shape index (κ2) is 3.98. The summed E-state index contributed by atoms with van der Waals surface area (Å²) in [5.41, 5.74) is 10.1. The van der Waals surface area contributed by atoms with E-state index in [9.17, 15) is 0 Å². The summed E-state index contributed by atoms with van der Waals surface area (Å²) in [4.78, 5) is 5.83. The number of nitrogens with zero attached hydrogens (tertiary/aromatic N) is 2. The maximum Gasteiger partial charge on any atom is 0.137 e. The Hall–Kier alpha value is -1.65. The largest absolute Gasteiger partial charge is 0.325 e. The predicted octanol–water partition coefficient (Wildman–Crippen LogP) is 2.83. The highest BCUT2D eigenvalue weighted by Gasteiger charge is 2.13. The van der Waals surface area contributed by atoms with Crippen molar-refractivity contribution >= 4 is 17.0 Å². The third-order valence-electron chi connectivity index (χ3n) is 2.81. The summed E-state index contributed by atoms with van der Waals surface area (Å²) in [6, 6.07) is 8.22. The van der Waals surface area contributed by atoms with Gasteiger partial charge in [0.2, 0.25) is 0 Å². The van der Waals surface area contributed by atoms with Crippen molar-refractivity contribution in [3.05, 3.63) is 47.1 Å². The maximum atomic E-state index is 5.86. The van der Waals surface area contributed by atoms with Gasteiger partial charge in [0.25, 0.3) is 0 Å². The molecule has 0 unspecified atom stereocenters. The van der Waals surface area contributed by atoms with E-state index in [-0.39, 0.29) is 0 Å². The zero-order chi connectivity index (χ0) is 11.8. The molecular weight excluding hydrogens is 230 g/mol. The fraction of sp³-hybridized carbons (Fsp3) is 0.154. The van der Waals surface area contributed by atoms with Gasteiger partial charge in [0.1, 0.15) is 11.3 Å². The molecule has 86 valence electrons. The van der Waals surface area contributed by atoms with Gasteiger partial charge in [0.05, 0.1) is 10.6 Å². The molecule has 0 saturated carbocycles. The molecule has 0 spiro atoms. The van der Waals surface area contributed by atoms with Crippen LogP contribution in [0.5, 0.6) is 0 Å². The van der Waals surface area contributed by atoms with Gasteiger partial charge in [-0.3, -0.25) is 0 Å². The van der Waals surface area contributed by atoms with Crippen molar-refractivity contribution < 1.29 is 0 Å². The van der Waals surface area contributed by atoms with Crippen molar-refractivity contribution in [2.75, 3.05) is 0 Å². The normalized spacial score (nSPS) is 11.2. The number of rotatable bonds is 2. The Morgan fingerprint density at radius 1 is 1.35 bits per heavy atom. The SMILES string of the molecule is Cc1ccc2nc(-c3cccs3)c(CN)n2c1. The van der Waals surface area contributed by atoms with Crippen LogP contribution in [-0.4, -0.2) is 9.38 Å². The van der Waals surface area contributed by atoms with Gasteiger partial charge in [0, 0.05) is 12.7 Å². The van der Waals surface area contributed by atoms with E-state index in [0.29, 0.717) is 6.54 Å². The van der Waals surface area contributed by atoms with E-state index in [2.05, 4.69) is 40.0 Å². The van der Waals surface area contributed by atoms with Crippen LogP contribution in [0.4, 0.5) is 0 Å². The van der Waals surface area contributed by atoms with Gasteiger partial charge in [-0.1, -0.05) is 12.1 Å². The summed E-state index contributed by atoms with van der Waals surface area (Å²) < 4.78 is 2.09. The van der Waals surface area contributed by atoms with Crippen molar-refractivity contribution in [1.29, 1.82) is 0 Å². The standard InChI is InChI=1S/C13H13N3S/c1-9-4-5-12-15-13(11-3-2-6-17-11)10(7-14)16(12)8-9/h2-6,8H,7,14H2,1H3. The molecule has 2 N–H and O–H groups in total. The second-order valence-electron chi connectivity index (χ2n) is 4.02. The molecule has 0 bridgehead atoms. The number of aromatic nitrogens is 2. The van der Waals surface area contributed by atoms with Crippen LogP contribution in [-0.2, 0) is 6.54 Å². The van der Waals surface area contributed by atoms with E-state index in [0.717, 1.165) is 17.0 Å². The molecule has 4 heteroatoms. The molecule has 3 aromatic rings. The van der Waals surface area contributed by atoms with E-state index in [4.69, 9.17) is 5.73 Å². The Bertz CT molecular complexity index is 653. The first-order chi connectivity index (χ1) is 8.29. The van der Waals surface area contributed by atoms with Gasteiger partial charge in [-0.25, -0.2) is 4.98 Å². The smallest absolute Gasteiger partial charge is 0.137 e. The first-order valence-electron chi connectivity index (χ1n) is 5.51. The first-order valence-corrected chi connectivity index (χ1v) is 6.39. The van der Waals surface area contributed by atoms with E-state index in [1.807, 2.05) is 12.1 Å². The second-order valence-corrected chi connectivity index (χ2v) is 4.97. The number of thiophene rings is 1. The average molecular weight is 243 g/mol. The van der Waals surface area contributed by atoms with E-state index < -0.39 is 0 Å². The Morgan fingerprint density at radius 2 is 2.24 bits per heavy atom. The van der Waals surface area contributed by atoms with Crippen LogP contribution in [0.15, 0.2) is 35.8 Å². The Morgan fingerprint density at radius 3 is 2.94 bits per heavy atom. The molecule has 0 saturated heterocycles. The fourth-order valence-corrected chi connectivity index (χ4v) is 2.74. The molecule has 0 aliphatic carbocycles. The lowest BCUT2D eigenvalue weighted by atomic mass is 10.2. The molecule has 3 aromatic heterocycles. The predicted molar refractivity (Wildman–Crippen MR) is 71.1 cm³/mol. The molecule has 0 aliphatic rings. The molecule has 0 aliphatic heterocycles. The summed E-state index contributed by atoms with van der Waals surface area (Å²) in [6.45, 7) is 2.57. The summed E-state index contributed by atoms with van der Waals surface area (Å²) in [7, 11) is 0. The minimum Gasteiger partial charge on any atom is -0.325 e. The van der Waals surface area contributed by atoms with Crippen molar-refractivity contribution in [1.82, 2.24) is 9.38 Å². The zero-order valence-corrected chi connectivity index (χ0v) is 10.4. The highest BCUT2D eigenvalue weighted by atomic mass is 32.1. The highest BCUT2D eigenvalue weighted by molar-refractivity contribution is 7.13. The summed E-state index contributed by atoms with van der Waals surface area (Å²) in [5.74, 6) is 0. The van der Waals surface area contributed by atoms with Crippen LogP contribution in [0.2, 0.25) is 0 Å². The zero-order valence-electron chi connectivity index (χ0n) is 9.55. The molecule has 3 rings (SSSR count). The minimum absolute atomic E-state index is 0.498. The van der Waals surface area contributed by atoms with Crippen LogP contribution in [0, 0.1) is 6.92 Å². The Labute approximate surface area is 104 Å². The number of hydrogen-bond acceptors (Lipinski definition) is 3. The van der Waals surface area contributed by atoms with Crippen molar-refractivity contribution in [3.63, 3.8) is 0 Å². The van der Waals surface area contributed by atoms with Gasteiger partial charge in [-0.2, -0.15) is 0 Å². The van der Waals surface area contributed by atoms with Crippen LogP contribution in [0.1, 0.15) is 11.3 Å². The summed E-state index contributed by atoms with van der Waals surface area (Å²) >= 11 is 1.69. The molecule has 0 aromatic carbocycles. The van der Waals surface area contributed by atoms with Gasteiger partial charge in [0.15, 0.2) is 0 Å². The molecule has 3 heterocycles. The number of pyridine rings is 1. The third-order valence-corrected chi connectivity index (χ3v) is 3.69. The quantitative estimate of drug-likeness (QED) is 0.752. The average Bonchev–Trinajstić information content (AvgIpc) is 2.94. The van der Waals surface area contributed by atoms with Crippen molar-refractivity contribution in [2.45, 2.75) is 13.5 Å². The van der Waals surface area contributed by atoms with E-state index in [1.165, 1.54) is 10.4 Å². The fourth-order valence-electron chi connectivity index (χ4n) is 2.01. The van der Waals surface area contributed by atoms with Crippen molar-refractivity contribution in [3.8, 4) is 10.6 Å². The number of nitrogens with two attached hydrogens (primary N) is 1. The summed E-state index contributed by atoms with van der Waals surface area (Å²) in [6.07, 6.45) is 2.08. The number of aryl methyl sites for hydroxylation is 1. The van der Waals surface area contributed by atoms with Gasteiger partial charge in [-0.05, 0) is 30.0 Å². The number of imidazole rings is 1. The maximum absolute atomic E-state index is 5.86. The lowest BCUT2D eigenvalue weighted by Crippen LogP contribution is -2.02. The molecule has 0 fully saturated rings. The van der Waals surface area contributed by atoms with Gasteiger partial charge in [-0.15, -0.1) is 11.3 Å². The van der Waals surface area contributed by atoms with Crippen LogP contribution in [0.25, 0.3) is 16.2 Å². The van der Waals surface area contributed by atoms with E-state index in [1.54, 1.807) is 11.3 Å². The molecular formula is C13H13N3S. The molecule has 3 nitrogen and oxygen atoms in total. The lowest BCUT2D eigenvalue weighted by Gasteiger charge is -2.01. The minimum atomic E-state index is 0.498. The molecule has 17 heavy (non-hydrogen) atoms. The monoisotopic (exact) mass is 243 g/mol. The van der Waals surface area contributed by atoms with Crippen LogP contribution >= 0.6 is 11.3 Å². The van der Waals surface area contributed by atoms with Crippen LogP contribution in [0.3, 0.4) is 0 Å². The molecule has 0 amide bonds. The van der Waals surface area contributed by atoms with Gasteiger partial charge < -0.3 is 10.1 Å². The number of fused-ring (bicyclic) bond motifs is 1. The highest BCUT2D eigenvalue weighted by Crippen LogP contribution is 2.28. The Balaban J connectivity index is 2.32.